The molecule has 2 fully saturated rings. The van der Waals surface area contributed by atoms with E-state index in [0.717, 1.165) is 11.8 Å². The molecule has 6 unspecified atom stereocenters. The number of hydrogen-bond acceptors (Lipinski definition) is 6. The molecule has 2 aliphatic heterocycles. The molecule has 6 nitrogen and oxygen atoms in total. The second-order valence-electron chi connectivity index (χ2n) is 6.03. The molecule has 0 saturated carbocycles. The topological polar surface area (TPSA) is 83.3 Å². The van der Waals surface area contributed by atoms with E-state index in [9.17, 15) is 23.4 Å². The number of aliphatic imine (C=N–C) groups is 1. The van der Waals surface area contributed by atoms with Crippen LogP contribution < -0.4 is 5.32 Å². The van der Waals surface area contributed by atoms with E-state index < -0.39 is 42.1 Å². The number of halogens is 3. The number of nitrogens with one attached hydrogen (secondary N) is 1. The first kappa shape index (κ1) is 19.4. The number of fused-ring (bicyclic) bond motifs is 1. The fourth-order valence-corrected chi connectivity index (χ4v) is 4.02. The van der Waals surface area contributed by atoms with Crippen molar-refractivity contribution in [3.63, 3.8) is 0 Å². The van der Waals surface area contributed by atoms with Crippen molar-refractivity contribution < 1.29 is 32.9 Å². The van der Waals surface area contributed by atoms with E-state index >= 15 is 0 Å². The number of rotatable bonds is 4. The zero-order valence-corrected chi connectivity index (χ0v) is 14.6. The Morgan fingerprint density at radius 1 is 1.27 bits per heavy atom. The highest BCUT2D eigenvalue weighted by molar-refractivity contribution is 8.14. The molecule has 10 heteroatoms. The van der Waals surface area contributed by atoms with E-state index in [1.54, 1.807) is 30.3 Å². The fraction of sp³-hybridized carbons (Fsp3) is 0.562. The van der Waals surface area contributed by atoms with Gasteiger partial charge in [-0.1, -0.05) is 42.1 Å². The van der Waals surface area contributed by atoms with Crippen LogP contribution in [-0.2, 0) is 16.1 Å². The molecule has 0 radical (unpaired) electrons. The molecule has 0 aromatic heterocycles. The minimum Gasteiger partial charge on any atom is -0.388 e. The molecular weight excluding hydrogens is 373 g/mol. The molecule has 3 N–H and O–H groups in total. The van der Waals surface area contributed by atoms with Crippen molar-refractivity contribution in [2.45, 2.75) is 48.7 Å². The zero-order chi connectivity index (χ0) is 18.9. The van der Waals surface area contributed by atoms with Gasteiger partial charge >= 0.3 is 6.18 Å². The molecule has 0 amide bonds. The van der Waals surface area contributed by atoms with Gasteiger partial charge in [0, 0.05) is 7.05 Å². The summed E-state index contributed by atoms with van der Waals surface area (Å²) < 4.78 is 51.2. The van der Waals surface area contributed by atoms with Crippen LogP contribution in [0.5, 0.6) is 0 Å². The van der Waals surface area contributed by atoms with Gasteiger partial charge in [-0.15, -0.1) is 0 Å². The highest BCUT2D eigenvalue weighted by atomic mass is 32.2. The molecule has 6 atom stereocenters. The normalized spacial score (nSPS) is 34.4. The van der Waals surface area contributed by atoms with Gasteiger partial charge in [0.2, 0.25) is 0 Å². The average molecular weight is 392 g/mol. The Bertz CT molecular complexity index is 646. The summed E-state index contributed by atoms with van der Waals surface area (Å²) >= 11 is 1.07. The van der Waals surface area contributed by atoms with Crippen LogP contribution in [0.1, 0.15) is 5.56 Å². The lowest BCUT2D eigenvalue weighted by Gasteiger charge is -2.42. The smallest absolute Gasteiger partial charge is 0.388 e. The lowest BCUT2D eigenvalue weighted by Crippen LogP contribution is -2.63. The van der Waals surface area contributed by atoms with Crippen LogP contribution in [0, 0.1) is 0 Å². The predicted molar refractivity (Wildman–Crippen MR) is 89.6 cm³/mol. The van der Waals surface area contributed by atoms with Gasteiger partial charge in [0.05, 0.1) is 12.6 Å². The van der Waals surface area contributed by atoms with Gasteiger partial charge in [0.15, 0.2) is 11.3 Å². The third-order valence-corrected chi connectivity index (χ3v) is 5.41. The second kappa shape index (κ2) is 7.73. The van der Waals surface area contributed by atoms with E-state index in [1.807, 2.05) is 0 Å². The molecule has 144 valence electrons. The number of nitrogens with zero attached hydrogens (tertiary/aromatic N) is 1. The van der Waals surface area contributed by atoms with Gasteiger partial charge in [-0.3, -0.25) is 4.99 Å². The quantitative estimate of drug-likeness (QED) is 0.716. The Morgan fingerprint density at radius 3 is 2.58 bits per heavy atom. The van der Waals surface area contributed by atoms with E-state index in [-0.39, 0.29) is 6.61 Å². The number of benzene rings is 1. The maximum atomic E-state index is 13.6. The van der Waals surface area contributed by atoms with Gasteiger partial charge in [-0.2, -0.15) is 13.2 Å². The van der Waals surface area contributed by atoms with Crippen LogP contribution >= 0.6 is 11.8 Å². The molecule has 2 saturated heterocycles. The largest absolute Gasteiger partial charge is 0.417 e. The number of alkyl halides is 3. The maximum absolute atomic E-state index is 13.6. The standard InChI is InChI=1S/C16H19F3N2O4S/c1-20-15-21-9-10(22)11(23)12(25-14(9)26-15)13(16(17,18)19)24-7-8-5-3-2-4-6-8/h2-6,9-14,22-23H,7H2,1H3,(H,20,21). The van der Waals surface area contributed by atoms with Gasteiger partial charge < -0.3 is 25.0 Å². The number of amidine groups is 1. The summed E-state index contributed by atoms with van der Waals surface area (Å²) in [6, 6.07) is 7.65. The molecule has 26 heavy (non-hydrogen) atoms. The van der Waals surface area contributed by atoms with Crippen LogP contribution in [0.4, 0.5) is 13.2 Å². The summed E-state index contributed by atoms with van der Waals surface area (Å²) in [6.45, 7) is -0.297. The monoisotopic (exact) mass is 392 g/mol. The highest BCUT2D eigenvalue weighted by Gasteiger charge is 2.57. The van der Waals surface area contributed by atoms with Crippen molar-refractivity contribution in [1.29, 1.82) is 0 Å². The molecule has 1 aromatic carbocycles. The van der Waals surface area contributed by atoms with Crippen LogP contribution in [-0.4, -0.2) is 64.5 Å². The van der Waals surface area contributed by atoms with Gasteiger partial charge in [0.25, 0.3) is 0 Å². The Kier molecular flexibility index (Phi) is 5.78. The summed E-state index contributed by atoms with van der Waals surface area (Å²) in [4.78, 5) is 3.91. The Morgan fingerprint density at radius 2 is 1.96 bits per heavy atom. The van der Waals surface area contributed by atoms with Crippen molar-refractivity contribution in [2.75, 3.05) is 7.05 Å². The van der Waals surface area contributed by atoms with Crippen LogP contribution in [0.2, 0.25) is 0 Å². The van der Waals surface area contributed by atoms with Crippen molar-refractivity contribution in [3.8, 4) is 0 Å². The minimum atomic E-state index is -4.77. The Balaban J connectivity index is 1.77. The summed E-state index contributed by atoms with van der Waals surface area (Å²) in [5.41, 5.74) is -0.245. The number of ether oxygens (including phenoxy) is 2. The SMILES string of the molecule is CN=C1NC2C(OC(C(OCc3ccccc3)C(F)(F)F)C(O)C2O)S1. The molecule has 0 bridgehead atoms. The number of hydrogen-bond donors (Lipinski definition) is 3. The first-order chi connectivity index (χ1) is 12.3. The Hall–Kier alpha value is -1.33. The minimum absolute atomic E-state index is 0.297. The lowest BCUT2D eigenvalue weighted by atomic mass is 9.94. The van der Waals surface area contributed by atoms with Crippen molar-refractivity contribution in [1.82, 2.24) is 5.32 Å². The summed E-state index contributed by atoms with van der Waals surface area (Å²) in [5.74, 6) is 0. The molecular formula is C16H19F3N2O4S. The van der Waals surface area contributed by atoms with Crippen molar-refractivity contribution in [2.24, 2.45) is 4.99 Å². The fourth-order valence-electron chi connectivity index (χ4n) is 2.93. The molecule has 0 spiro atoms. The third kappa shape index (κ3) is 3.99. The number of thioether (sulfide) groups is 1. The van der Waals surface area contributed by atoms with E-state index in [1.165, 1.54) is 7.05 Å². The predicted octanol–water partition coefficient (Wildman–Crippen LogP) is 1.27. The first-order valence-electron chi connectivity index (χ1n) is 7.95. The number of aliphatic hydroxyl groups excluding tert-OH is 2. The Labute approximate surface area is 152 Å². The summed E-state index contributed by atoms with van der Waals surface area (Å²) in [7, 11) is 1.51. The second-order valence-corrected chi connectivity index (χ2v) is 7.11. The van der Waals surface area contributed by atoms with Crippen molar-refractivity contribution >= 4 is 16.9 Å². The highest BCUT2D eigenvalue weighted by Crippen LogP contribution is 2.39. The lowest BCUT2D eigenvalue weighted by molar-refractivity contribution is -0.287. The molecule has 2 aliphatic rings. The summed E-state index contributed by atoms with van der Waals surface area (Å²) in [5, 5.41) is 23.7. The average Bonchev–Trinajstić information content (AvgIpc) is 3.02. The van der Waals surface area contributed by atoms with E-state index in [4.69, 9.17) is 9.47 Å². The van der Waals surface area contributed by atoms with Gasteiger partial charge in [-0.05, 0) is 5.56 Å². The third-order valence-electron chi connectivity index (χ3n) is 4.25. The van der Waals surface area contributed by atoms with Gasteiger partial charge in [-0.25, -0.2) is 0 Å². The van der Waals surface area contributed by atoms with E-state index in [2.05, 4.69) is 10.3 Å². The molecule has 0 aliphatic carbocycles. The molecule has 1 aromatic rings. The summed E-state index contributed by atoms with van der Waals surface area (Å²) in [6.07, 6.45) is -12.1. The molecule has 2 heterocycles. The number of aliphatic hydroxyl groups is 2. The van der Waals surface area contributed by atoms with Crippen LogP contribution in [0.3, 0.4) is 0 Å². The van der Waals surface area contributed by atoms with Gasteiger partial charge in [0.1, 0.15) is 23.7 Å². The van der Waals surface area contributed by atoms with Crippen LogP contribution in [0.15, 0.2) is 35.3 Å². The maximum Gasteiger partial charge on any atom is 0.417 e. The first-order valence-corrected chi connectivity index (χ1v) is 8.83. The zero-order valence-electron chi connectivity index (χ0n) is 13.8. The van der Waals surface area contributed by atoms with Crippen LogP contribution in [0.25, 0.3) is 0 Å². The van der Waals surface area contributed by atoms with Crippen molar-refractivity contribution in [3.05, 3.63) is 35.9 Å². The molecule has 3 rings (SSSR count). The van der Waals surface area contributed by atoms with E-state index in [0.29, 0.717) is 10.7 Å².